The molecule has 2 fully saturated rings. The minimum Gasteiger partial charge on any atom is -0.314 e. The minimum atomic E-state index is 0.820. The first-order valence-corrected chi connectivity index (χ1v) is 6.30. The van der Waals surface area contributed by atoms with Gasteiger partial charge in [-0.05, 0) is 30.4 Å². The molecule has 1 aromatic heterocycles. The molecule has 0 aromatic carbocycles. The first-order valence-electron chi connectivity index (χ1n) is 6.30. The maximum Gasteiger partial charge on any atom is 0.0544 e. The summed E-state index contributed by atoms with van der Waals surface area (Å²) in [6.45, 7) is 5.52. The molecule has 0 spiro atoms. The number of aromatic nitrogens is 1. The van der Waals surface area contributed by atoms with Gasteiger partial charge in [-0.15, -0.1) is 0 Å². The number of pyridine rings is 1. The molecule has 2 aliphatic rings. The Labute approximate surface area is 96.9 Å². The quantitative estimate of drug-likeness (QED) is 0.828. The molecule has 1 aliphatic heterocycles. The van der Waals surface area contributed by atoms with Crippen molar-refractivity contribution < 1.29 is 0 Å². The summed E-state index contributed by atoms with van der Waals surface area (Å²) in [4.78, 5) is 7.04. The summed E-state index contributed by atoms with van der Waals surface area (Å²) in [5.41, 5.74) is 2.65. The number of hydrogen-bond donors (Lipinski definition) is 1. The van der Waals surface area contributed by atoms with Crippen LogP contribution in [-0.2, 0) is 6.54 Å². The van der Waals surface area contributed by atoms with Gasteiger partial charge in [-0.3, -0.25) is 9.88 Å². The number of piperazine rings is 1. The van der Waals surface area contributed by atoms with Crippen LogP contribution in [0, 0.1) is 0 Å². The first-order chi connectivity index (χ1) is 7.92. The maximum absolute atomic E-state index is 4.57. The lowest BCUT2D eigenvalue weighted by Gasteiger charge is -2.26. The monoisotopic (exact) mass is 217 g/mol. The number of nitrogens with one attached hydrogen (secondary N) is 1. The van der Waals surface area contributed by atoms with E-state index in [2.05, 4.69) is 33.5 Å². The Morgan fingerprint density at radius 1 is 1.25 bits per heavy atom. The van der Waals surface area contributed by atoms with E-state index in [1.54, 1.807) is 0 Å². The molecule has 1 saturated heterocycles. The van der Waals surface area contributed by atoms with Gasteiger partial charge in [0.2, 0.25) is 0 Å². The molecule has 0 atom stereocenters. The average molecular weight is 217 g/mol. The summed E-state index contributed by atoms with van der Waals surface area (Å²) in [5, 5.41) is 3.37. The fraction of sp³-hybridized carbons (Fsp3) is 0.615. The van der Waals surface area contributed by atoms with Gasteiger partial charge in [-0.1, -0.05) is 6.07 Å². The van der Waals surface area contributed by atoms with Gasteiger partial charge in [0.05, 0.1) is 5.69 Å². The van der Waals surface area contributed by atoms with E-state index in [0.29, 0.717) is 0 Å². The van der Waals surface area contributed by atoms with Gasteiger partial charge in [0.25, 0.3) is 0 Å². The van der Waals surface area contributed by atoms with Gasteiger partial charge in [0.15, 0.2) is 0 Å². The highest BCUT2D eigenvalue weighted by Crippen LogP contribution is 2.39. The molecule has 0 unspecified atom stereocenters. The molecule has 1 saturated carbocycles. The highest BCUT2D eigenvalue weighted by molar-refractivity contribution is 5.22. The van der Waals surface area contributed by atoms with Crippen LogP contribution < -0.4 is 5.32 Å². The number of nitrogens with zero attached hydrogens (tertiary/aromatic N) is 2. The van der Waals surface area contributed by atoms with Gasteiger partial charge in [-0.25, -0.2) is 0 Å². The van der Waals surface area contributed by atoms with E-state index in [1.807, 2.05) is 0 Å². The van der Waals surface area contributed by atoms with Crippen molar-refractivity contribution in [1.29, 1.82) is 0 Å². The van der Waals surface area contributed by atoms with Crippen LogP contribution in [-0.4, -0.2) is 36.1 Å². The summed E-state index contributed by atoms with van der Waals surface area (Å²) in [6, 6.07) is 4.47. The molecule has 1 N–H and O–H groups in total. The Kier molecular flexibility index (Phi) is 2.89. The molecular weight excluding hydrogens is 198 g/mol. The SMILES string of the molecule is c1cc(CN2CCNCC2)ncc1C1CC1. The van der Waals surface area contributed by atoms with Crippen molar-refractivity contribution in [3.8, 4) is 0 Å². The molecule has 0 radical (unpaired) electrons. The van der Waals surface area contributed by atoms with Crippen LogP contribution >= 0.6 is 0 Å². The Hall–Kier alpha value is -0.930. The third-order valence-corrected chi connectivity index (χ3v) is 3.49. The summed E-state index contributed by atoms with van der Waals surface area (Å²) in [6.07, 6.45) is 4.80. The van der Waals surface area contributed by atoms with Crippen LogP contribution in [0.5, 0.6) is 0 Å². The van der Waals surface area contributed by atoms with E-state index in [9.17, 15) is 0 Å². The largest absolute Gasteiger partial charge is 0.314 e. The van der Waals surface area contributed by atoms with Crippen LogP contribution in [0.25, 0.3) is 0 Å². The van der Waals surface area contributed by atoms with Gasteiger partial charge >= 0.3 is 0 Å². The Morgan fingerprint density at radius 2 is 2.06 bits per heavy atom. The summed E-state index contributed by atoms with van der Waals surface area (Å²) < 4.78 is 0. The second-order valence-electron chi connectivity index (χ2n) is 4.88. The maximum atomic E-state index is 4.57. The predicted octanol–water partition coefficient (Wildman–Crippen LogP) is 1.36. The van der Waals surface area contributed by atoms with Gasteiger partial charge in [-0.2, -0.15) is 0 Å². The highest BCUT2D eigenvalue weighted by Gasteiger charge is 2.23. The van der Waals surface area contributed by atoms with Crippen LogP contribution in [0.3, 0.4) is 0 Å². The molecule has 3 heteroatoms. The van der Waals surface area contributed by atoms with Crippen molar-refractivity contribution in [1.82, 2.24) is 15.2 Å². The first kappa shape index (κ1) is 10.2. The summed E-state index contributed by atoms with van der Waals surface area (Å²) in [7, 11) is 0. The molecule has 0 bridgehead atoms. The normalized spacial score (nSPS) is 22.2. The van der Waals surface area contributed by atoms with Gasteiger partial charge < -0.3 is 5.32 Å². The molecule has 16 heavy (non-hydrogen) atoms. The summed E-state index contributed by atoms with van der Waals surface area (Å²) >= 11 is 0. The van der Waals surface area contributed by atoms with E-state index in [-0.39, 0.29) is 0 Å². The topological polar surface area (TPSA) is 28.2 Å². The van der Waals surface area contributed by atoms with Crippen LogP contribution in [0.1, 0.15) is 30.0 Å². The van der Waals surface area contributed by atoms with E-state index >= 15 is 0 Å². The molecule has 2 heterocycles. The van der Waals surface area contributed by atoms with E-state index in [0.717, 1.165) is 38.6 Å². The van der Waals surface area contributed by atoms with Crippen LogP contribution in [0.15, 0.2) is 18.3 Å². The standard InChI is InChI=1S/C13H19N3/c1-2-11(1)12-3-4-13(15-9-12)10-16-7-5-14-6-8-16/h3-4,9,11,14H,1-2,5-8,10H2. The molecule has 3 nitrogen and oxygen atoms in total. The smallest absolute Gasteiger partial charge is 0.0544 e. The molecular formula is C13H19N3. The van der Waals surface area contributed by atoms with Crippen LogP contribution in [0.4, 0.5) is 0 Å². The van der Waals surface area contributed by atoms with E-state index in [1.165, 1.54) is 24.1 Å². The third-order valence-electron chi connectivity index (χ3n) is 3.49. The lowest BCUT2D eigenvalue weighted by molar-refractivity contribution is 0.230. The lowest BCUT2D eigenvalue weighted by Crippen LogP contribution is -2.43. The molecule has 1 aliphatic carbocycles. The molecule has 1 aromatic rings. The fourth-order valence-electron chi connectivity index (χ4n) is 2.29. The average Bonchev–Trinajstić information content (AvgIpc) is 3.15. The van der Waals surface area contributed by atoms with E-state index in [4.69, 9.17) is 0 Å². The Bertz CT molecular complexity index is 337. The predicted molar refractivity (Wildman–Crippen MR) is 64.4 cm³/mol. The van der Waals surface area contributed by atoms with Crippen molar-refractivity contribution in [2.45, 2.75) is 25.3 Å². The summed E-state index contributed by atoms with van der Waals surface area (Å²) in [5.74, 6) is 0.820. The fourth-order valence-corrected chi connectivity index (χ4v) is 2.29. The third kappa shape index (κ3) is 2.42. The number of hydrogen-bond acceptors (Lipinski definition) is 3. The van der Waals surface area contributed by atoms with Crippen molar-refractivity contribution >= 4 is 0 Å². The van der Waals surface area contributed by atoms with Crippen molar-refractivity contribution in [3.05, 3.63) is 29.6 Å². The minimum absolute atomic E-state index is 0.820. The molecule has 3 rings (SSSR count). The Balaban J connectivity index is 1.60. The van der Waals surface area contributed by atoms with Crippen molar-refractivity contribution in [3.63, 3.8) is 0 Å². The van der Waals surface area contributed by atoms with Crippen LogP contribution in [0.2, 0.25) is 0 Å². The molecule has 86 valence electrons. The number of rotatable bonds is 3. The second kappa shape index (κ2) is 4.52. The zero-order chi connectivity index (χ0) is 10.8. The lowest BCUT2D eigenvalue weighted by atomic mass is 10.2. The Morgan fingerprint density at radius 3 is 2.69 bits per heavy atom. The zero-order valence-corrected chi connectivity index (χ0v) is 9.65. The highest BCUT2D eigenvalue weighted by atomic mass is 15.2. The van der Waals surface area contributed by atoms with Crippen molar-refractivity contribution in [2.75, 3.05) is 26.2 Å². The molecule has 0 amide bonds. The van der Waals surface area contributed by atoms with Gasteiger partial charge in [0.1, 0.15) is 0 Å². The van der Waals surface area contributed by atoms with E-state index < -0.39 is 0 Å². The zero-order valence-electron chi connectivity index (χ0n) is 9.65. The second-order valence-corrected chi connectivity index (χ2v) is 4.88. The van der Waals surface area contributed by atoms with Crippen molar-refractivity contribution in [2.24, 2.45) is 0 Å². The van der Waals surface area contributed by atoms with Gasteiger partial charge in [0, 0.05) is 38.9 Å².